The van der Waals surface area contributed by atoms with Crippen LogP contribution in [0, 0.1) is 5.92 Å². The monoisotopic (exact) mass is 318 g/mol. The van der Waals surface area contributed by atoms with Crippen molar-refractivity contribution in [2.75, 3.05) is 12.4 Å². The second-order valence-electron chi connectivity index (χ2n) is 5.78. The van der Waals surface area contributed by atoms with Gasteiger partial charge in [0.05, 0.1) is 12.7 Å². The molecule has 2 N–H and O–H groups in total. The highest BCUT2D eigenvalue weighted by Gasteiger charge is 2.31. The van der Waals surface area contributed by atoms with Crippen LogP contribution in [0.4, 0.5) is 5.69 Å². The van der Waals surface area contributed by atoms with Gasteiger partial charge < -0.3 is 15.4 Å². The van der Waals surface area contributed by atoms with Crippen molar-refractivity contribution in [1.82, 2.24) is 5.32 Å². The molecule has 0 bridgehead atoms. The van der Waals surface area contributed by atoms with Crippen LogP contribution >= 0.6 is 0 Å². The molecule has 1 aromatic rings. The van der Waals surface area contributed by atoms with Crippen molar-refractivity contribution in [3.8, 4) is 0 Å². The van der Waals surface area contributed by atoms with Gasteiger partial charge in [-0.3, -0.25) is 9.59 Å². The van der Waals surface area contributed by atoms with E-state index in [1.165, 1.54) is 14.0 Å². The molecular formula is C17H22N2O4. The number of carbonyl (C=O) groups excluding carboxylic acids is 3. The van der Waals surface area contributed by atoms with Crippen molar-refractivity contribution in [1.29, 1.82) is 0 Å². The Labute approximate surface area is 135 Å². The number of anilines is 1. The maximum absolute atomic E-state index is 12.5. The number of benzene rings is 1. The molecule has 1 aliphatic rings. The number of amides is 2. The second kappa shape index (κ2) is 7.76. The topological polar surface area (TPSA) is 84.5 Å². The Morgan fingerprint density at radius 1 is 1.13 bits per heavy atom. The number of carbonyl (C=O) groups is 3. The average Bonchev–Trinajstić information content (AvgIpc) is 3.06. The van der Waals surface area contributed by atoms with E-state index in [1.54, 1.807) is 24.3 Å². The maximum Gasteiger partial charge on any atom is 0.337 e. The summed E-state index contributed by atoms with van der Waals surface area (Å²) in [6.45, 7) is 1.42. The lowest BCUT2D eigenvalue weighted by molar-refractivity contribution is -0.126. The molecule has 23 heavy (non-hydrogen) atoms. The minimum absolute atomic E-state index is 0.174. The summed E-state index contributed by atoms with van der Waals surface area (Å²) in [4.78, 5) is 35.3. The molecule has 1 aliphatic carbocycles. The van der Waals surface area contributed by atoms with E-state index in [1.807, 2.05) is 0 Å². The lowest BCUT2D eigenvalue weighted by atomic mass is 9.97. The summed E-state index contributed by atoms with van der Waals surface area (Å²) in [7, 11) is 1.32. The van der Waals surface area contributed by atoms with Gasteiger partial charge in [-0.05, 0) is 43.0 Å². The van der Waals surface area contributed by atoms with E-state index >= 15 is 0 Å². The van der Waals surface area contributed by atoms with E-state index < -0.39 is 12.0 Å². The summed E-state index contributed by atoms with van der Waals surface area (Å²) in [5, 5.41) is 5.56. The van der Waals surface area contributed by atoms with Gasteiger partial charge >= 0.3 is 5.97 Å². The first-order chi connectivity index (χ1) is 11.0. The summed E-state index contributed by atoms with van der Waals surface area (Å²) >= 11 is 0. The molecule has 0 aliphatic heterocycles. The molecule has 124 valence electrons. The molecule has 1 atom stereocenters. The SMILES string of the molecule is COC(=O)c1ccc(NC(=O)C(NC(C)=O)C2CCCC2)cc1. The van der Waals surface area contributed by atoms with Crippen molar-refractivity contribution < 1.29 is 19.1 Å². The van der Waals surface area contributed by atoms with Gasteiger partial charge in [-0.1, -0.05) is 12.8 Å². The Bertz CT molecular complexity index is 577. The fourth-order valence-electron chi connectivity index (χ4n) is 2.93. The second-order valence-corrected chi connectivity index (χ2v) is 5.78. The van der Waals surface area contributed by atoms with E-state index in [0.29, 0.717) is 11.3 Å². The number of rotatable bonds is 5. The highest BCUT2D eigenvalue weighted by molar-refractivity contribution is 5.97. The number of hydrogen-bond donors (Lipinski definition) is 2. The van der Waals surface area contributed by atoms with Crippen LogP contribution in [-0.4, -0.2) is 30.9 Å². The number of esters is 1. The molecule has 2 amide bonds. The zero-order chi connectivity index (χ0) is 16.8. The van der Waals surface area contributed by atoms with Gasteiger partial charge in [0.2, 0.25) is 11.8 Å². The van der Waals surface area contributed by atoms with Crippen molar-refractivity contribution >= 4 is 23.5 Å². The van der Waals surface area contributed by atoms with Crippen LogP contribution in [0.25, 0.3) is 0 Å². The van der Waals surface area contributed by atoms with E-state index in [2.05, 4.69) is 15.4 Å². The smallest absolute Gasteiger partial charge is 0.337 e. The van der Waals surface area contributed by atoms with Crippen molar-refractivity contribution in [3.63, 3.8) is 0 Å². The summed E-state index contributed by atoms with van der Waals surface area (Å²) < 4.78 is 4.63. The molecule has 1 fully saturated rings. The molecule has 0 spiro atoms. The fraction of sp³-hybridized carbons (Fsp3) is 0.471. The molecule has 0 aromatic heterocycles. The van der Waals surface area contributed by atoms with Crippen molar-refractivity contribution in [2.45, 2.75) is 38.6 Å². The molecule has 2 rings (SSSR count). The number of ether oxygens (including phenoxy) is 1. The van der Waals surface area contributed by atoms with Crippen LogP contribution in [-0.2, 0) is 14.3 Å². The molecule has 6 heteroatoms. The zero-order valence-electron chi connectivity index (χ0n) is 13.4. The Morgan fingerprint density at radius 2 is 1.74 bits per heavy atom. The van der Waals surface area contributed by atoms with Crippen molar-refractivity contribution in [3.05, 3.63) is 29.8 Å². The molecule has 1 saturated carbocycles. The molecule has 6 nitrogen and oxygen atoms in total. The Hall–Kier alpha value is -2.37. The highest BCUT2D eigenvalue weighted by Crippen LogP contribution is 2.28. The number of hydrogen-bond acceptors (Lipinski definition) is 4. The predicted octanol–water partition coefficient (Wildman–Crippen LogP) is 2.11. The van der Waals surface area contributed by atoms with Crippen LogP contribution in [0.1, 0.15) is 43.0 Å². The first-order valence-corrected chi connectivity index (χ1v) is 7.77. The standard InChI is InChI=1S/C17H22N2O4/c1-11(20)18-15(12-5-3-4-6-12)16(21)19-14-9-7-13(8-10-14)17(22)23-2/h7-10,12,15H,3-6H2,1-2H3,(H,18,20)(H,19,21). The summed E-state index contributed by atoms with van der Waals surface area (Å²) in [6.07, 6.45) is 4.06. The zero-order valence-corrected chi connectivity index (χ0v) is 13.4. The predicted molar refractivity (Wildman–Crippen MR) is 86.0 cm³/mol. The molecule has 0 heterocycles. The fourth-order valence-corrected chi connectivity index (χ4v) is 2.93. The summed E-state index contributed by atoms with van der Waals surface area (Å²) in [5.74, 6) is -0.686. The highest BCUT2D eigenvalue weighted by atomic mass is 16.5. The minimum atomic E-state index is -0.518. The quantitative estimate of drug-likeness (QED) is 0.814. The van der Waals surface area contributed by atoms with Crippen LogP contribution in [0.3, 0.4) is 0 Å². The third kappa shape index (κ3) is 4.55. The van der Waals surface area contributed by atoms with Gasteiger partial charge in [-0.2, -0.15) is 0 Å². The lowest BCUT2D eigenvalue weighted by Crippen LogP contribution is -2.47. The Kier molecular flexibility index (Phi) is 5.73. The van der Waals surface area contributed by atoms with Gasteiger partial charge in [0.25, 0.3) is 0 Å². The van der Waals surface area contributed by atoms with E-state index in [9.17, 15) is 14.4 Å². The Balaban J connectivity index is 2.05. The van der Waals surface area contributed by atoms with Gasteiger partial charge in [0.15, 0.2) is 0 Å². The molecule has 0 radical (unpaired) electrons. The van der Waals surface area contributed by atoms with Crippen molar-refractivity contribution in [2.24, 2.45) is 5.92 Å². The first-order valence-electron chi connectivity index (χ1n) is 7.77. The summed E-state index contributed by atoms with van der Waals surface area (Å²) in [5.41, 5.74) is 0.996. The van der Waals surface area contributed by atoms with Gasteiger partial charge in [-0.15, -0.1) is 0 Å². The lowest BCUT2D eigenvalue weighted by Gasteiger charge is -2.23. The van der Waals surface area contributed by atoms with Crippen LogP contribution in [0.15, 0.2) is 24.3 Å². The van der Waals surface area contributed by atoms with E-state index in [4.69, 9.17) is 0 Å². The Morgan fingerprint density at radius 3 is 2.26 bits per heavy atom. The van der Waals surface area contributed by atoms with Crippen LogP contribution in [0.2, 0.25) is 0 Å². The largest absolute Gasteiger partial charge is 0.465 e. The minimum Gasteiger partial charge on any atom is -0.465 e. The molecular weight excluding hydrogens is 296 g/mol. The number of methoxy groups -OCH3 is 1. The van der Waals surface area contributed by atoms with Gasteiger partial charge in [-0.25, -0.2) is 4.79 Å². The first kappa shape index (κ1) is 17.0. The van der Waals surface area contributed by atoms with Crippen LogP contribution < -0.4 is 10.6 Å². The molecule has 1 aromatic carbocycles. The van der Waals surface area contributed by atoms with Crippen LogP contribution in [0.5, 0.6) is 0 Å². The van der Waals surface area contributed by atoms with Gasteiger partial charge in [0, 0.05) is 12.6 Å². The molecule has 0 saturated heterocycles. The third-order valence-corrected chi connectivity index (χ3v) is 4.09. The maximum atomic E-state index is 12.5. The van der Waals surface area contributed by atoms with E-state index in [0.717, 1.165) is 25.7 Å². The molecule has 1 unspecified atom stereocenters. The van der Waals surface area contributed by atoms with Gasteiger partial charge in [0.1, 0.15) is 6.04 Å². The normalized spacial score (nSPS) is 15.7. The van der Waals surface area contributed by atoms with E-state index in [-0.39, 0.29) is 17.7 Å². The third-order valence-electron chi connectivity index (χ3n) is 4.09. The average molecular weight is 318 g/mol. The summed E-state index contributed by atoms with van der Waals surface area (Å²) in [6, 6.07) is 5.94. The number of nitrogens with one attached hydrogen (secondary N) is 2.